The fourth-order valence-electron chi connectivity index (χ4n) is 1.86. The van der Waals surface area contributed by atoms with Crippen LogP contribution in [0.1, 0.15) is 10.4 Å². The van der Waals surface area contributed by atoms with Gasteiger partial charge in [-0.1, -0.05) is 15.9 Å². The number of hydrogen-bond acceptors (Lipinski definition) is 2. The number of alkyl halides is 1. The van der Waals surface area contributed by atoms with Crippen molar-refractivity contribution in [2.75, 3.05) is 25.0 Å². The van der Waals surface area contributed by atoms with Crippen molar-refractivity contribution < 1.29 is 18.3 Å². The molecular formula is C12H12BrF2NO2. The van der Waals surface area contributed by atoms with Crippen LogP contribution in [0.4, 0.5) is 8.78 Å². The van der Waals surface area contributed by atoms with Crippen molar-refractivity contribution in [1.82, 2.24) is 4.90 Å². The molecule has 6 heteroatoms. The molecule has 1 unspecified atom stereocenters. The van der Waals surface area contributed by atoms with Crippen LogP contribution < -0.4 is 0 Å². The standard InChI is InChI=1S/C12H12BrF2NO2/c13-6-11-7-16(1-2-18-11)12(17)8-3-9(14)5-10(15)4-8/h3-5,11H,1-2,6-7H2. The molecule has 18 heavy (non-hydrogen) atoms. The van der Waals surface area contributed by atoms with Crippen LogP contribution in [-0.4, -0.2) is 41.9 Å². The van der Waals surface area contributed by atoms with Gasteiger partial charge in [0, 0.05) is 30.0 Å². The summed E-state index contributed by atoms with van der Waals surface area (Å²) in [5.41, 5.74) is 0.0303. The number of morpholine rings is 1. The number of carbonyl (C=O) groups is 1. The predicted molar refractivity (Wildman–Crippen MR) is 65.8 cm³/mol. The van der Waals surface area contributed by atoms with Gasteiger partial charge in [0.2, 0.25) is 0 Å². The zero-order valence-corrected chi connectivity index (χ0v) is 11.1. The maximum atomic E-state index is 13.1. The number of rotatable bonds is 2. The van der Waals surface area contributed by atoms with Crippen molar-refractivity contribution in [2.24, 2.45) is 0 Å². The Kier molecular flexibility index (Phi) is 4.29. The minimum atomic E-state index is -0.747. The highest BCUT2D eigenvalue weighted by Crippen LogP contribution is 2.14. The Bertz CT molecular complexity index is 435. The Labute approximate surface area is 112 Å². The van der Waals surface area contributed by atoms with Crippen LogP contribution in [-0.2, 0) is 4.74 Å². The van der Waals surface area contributed by atoms with E-state index in [-0.39, 0.29) is 17.6 Å². The molecule has 0 N–H and O–H groups in total. The second-order valence-corrected chi connectivity index (χ2v) is 4.70. The third kappa shape index (κ3) is 3.05. The van der Waals surface area contributed by atoms with Crippen LogP contribution in [0.2, 0.25) is 0 Å². The van der Waals surface area contributed by atoms with E-state index in [2.05, 4.69) is 15.9 Å². The Morgan fingerprint density at radius 1 is 1.39 bits per heavy atom. The van der Waals surface area contributed by atoms with Crippen molar-refractivity contribution in [3.63, 3.8) is 0 Å². The highest BCUT2D eigenvalue weighted by Gasteiger charge is 2.24. The van der Waals surface area contributed by atoms with Gasteiger partial charge in [0.05, 0.1) is 12.7 Å². The summed E-state index contributed by atoms with van der Waals surface area (Å²) in [4.78, 5) is 13.6. The topological polar surface area (TPSA) is 29.5 Å². The largest absolute Gasteiger partial charge is 0.374 e. The highest BCUT2D eigenvalue weighted by atomic mass is 79.9. The summed E-state index contributed by atoms with van der Waals surface area (Å²) in [5.74, 6) is -1.87. The molecule has 0 aliphatic carbocycles. The first-order valence-electron chi connectivity index (χ1n) is 5.53. The summed E-state index contributed by atoms with van der Waals surface area (Å²) in [7, 11) is 0. The van der Waals surface area contributed by atoms with Crippen LogP contribution in [0.3, 0.4) is 0 Å². The molecule has 1 atom stereocenters. The quantitative estimate of drug-likeness (QED) is 0.782. The molecule has 0 bridgehead atoms. The predicted octanol–water partition coefficient (Wildman–Crippen LogP) is 2.20. The molecule has 0 spiro atoms. The van der Waals surface area contributed by atoms with Crippen LogP contribution in [0, 0.1) is 11.6 Å². The first kappa shape index (κ1) is 13.4. The van der Waals surface area contributed by atoms with Crippen molar-refractivity contribution in [2.45, 2.75) is 6.10 Å². The average molecular weight is 320 g/mol. The van der Waals surface area contributed by atoms with Crippen LogP contribution in [0.25, 0.3) is 0 Å². The zero-order chi connectivity index (χ0) is 13.1. The summed E-state index contributed by atoms with van der Waals surface area (Å²) in [5, 5.41) is 0.619. The van der Waals surface area contributed by atoms with Crippen LogP contribution in [0.15, 0.2) is 18.2 Å². The lowest BCUT2D eigenvalue weighted by Gasteiger charge is -2.32. The third-order valence-electron chi connectivity index (χ3n) is 2.71. The molecule has 0 saturated carbocycles. The van der Waals surface area contributed by atoms with Gasteiger partial charge in [-0.05, 0) is 12.1 Å². The Morgan fingerprint density at radius 3 is 2.67 bits per heavy atom. The molecule has 0 aromatic heterocycles. The third-order valence-corrected chi connectivity index (χ3v) is 3.43. The molecule has 1 aromatic rings. The molecule has 1 heterocycles. The van der Waals surface area contributed by atoms with E-state index in [4.69, 9.17) is 4.74 Å². The van der Waals surface area contributed by atoms with Gasteiger partial charge in [0.15, 0.2) is 0 Å². The summed E-state index contributed by atoms with van der Waals surface area (Å²) in [6.07, 6.45) is -0.0823. The van der Waals surface area contributed by atoms with Gasteiger partial charge in [0.1, 0.15) is 11.6 Å². The fourth-order valence-corrected chi connectivity index (χ4v) is 2.25. The number of nitrogens with zero attached hydrogens (tertiary/aromatic N) is 1. The molecule has 1 saturated heterocycles. The lowest BCUT2D eigenvalue weighted by atomic mass is 10.1. The van der Waals surface area contributed by atoms with Crippen molar-refractivity contribution in [3.05, 3.63) is 35.4 Å². The number of hydrogen-bond donors (Lipinski definition) is 0. The Morgan fingerprint density at radius 2 is 2.06 bits per heavy atom. The average Bonchev–Trinajstić information content (AvgIpc) is 2.37. The van der Waals surface area contributed by atoms with Crippen molar-refractivity contribution in [3.8, 4) is 0 Å². The van der Waals surface area contributed by atoms with Gasteiger partial charge >= 0.3 is 0 Å². The summed E-state index contributed by atoms with van der Waals surface area (Å²) < 4.78 is 31.5. The summed E-state index contributed by atoms with van der Waals surface area (Å²) >= 11 is 3.28. The lowest BCUT2D eigenvalue weighted by molar-refractivity contribution is -0.00967. The lowest BCUT2D eigenvalue weighted by Crippen LogP contribution is -2.46. The first-order valence-corrected chi connectivity index (χ1v) is 6.65. The molecule has 2 rings (SSSR count). The number of amides is 1. The number of carbonyl (C=O) groups excluding carboxylic acids is 1. The Hall–Kier alpha value is -1.01. The second kappa shape index (κ2) is 5.75. The minimum Gasteiger partial charge on any atom is -0.374 e. The molecule has 1 aliphatic heterocycles. The van der Waals surface area contributed by atoms with Crippen LogP contribution in [0.5, 0.6) is 0 Å². The van der Waals surface area contributed by atoms with E-state index >= 15 is 0 Å². The molecule has 98 valence electrons. The molecule has 1 fully saturated rings. The summed E-state index contributed by atoms with van der Waals surface area (Å²) in [6, 6.07) is 2.84. The molecule has 1 aromatic carbocycles. The van der Waals surface area contributed by atoms with Gasteiger partial charge in [-0.15, -0.1) is 0 Å². The fraction of sp³-hybridized carbons (Fsp3) is 0.417. The number of ether oxygens (including phenoxy) is 1. The van der Waals surface area contributed by atoms with E-state index in [0.29, 0.717) is 25.0 Å². The Balaban J connectivity index is 2.15. The van der Waals surface area contributed by atoms with E-state index in [1.165, 1.54) is 0 Å². The monoisotopic (exact) mass is 319 g/mol. The van der Waals surface area contributed by atoms with E-state index in [9.17, 15) is 13.6 Å². The van der Waals surface area contributed by atoms with Gasteiger partial charge in [-0.2, -0.15) is 0 Å². The first-order chi connectivity index (χ1) is 8.60. The highest BCUT2D eigenvalue weighted by molar-refractivity contribution is 9.09. The smallest absolute Gasteiger partial charge is 0.254 e. The molecule has 1 aliphatic rings. The molecule has 3 nitrogen and oxygen atoms in total. The normalized spacial score (nSPS) is 19.9. The van der Waals surface area contributed by atoms with Crippen molar-refractivity contribution >= 4 is 21.8 Å². The van der Waals surface area contributed by atoms with E-state index in [0.717, 1.165) is 18.2 Å². The SMILES string of the molecule is O=C(c1cc(F)cc(F)c1)N1CCOC(CBr)C1. The van der Waals surface area contributed by atoms with E-state index in [1.807, 2.05) is 0 Å². The molecule has 0 radical (unpaired) electrons. The molecule has 1 amide bonds. The van der Waals surface area contributed by atoms with Gasteiger partial charge in [-0.25, -0.2) is 8.78 Å². The van der Waals surface area contributed by atoms with Crippen LogP contribution >= 0.6 is 15.9 Å². The van der Waals surface area contributed by atoms with E-state index < -0.39 is 11.6 Å². The minimum absolute atomic E-state index is 0.0303. The molecular weight excluding hydrogens is 308 g/mol. The van der Waals surface area contributed by atoms with Gasteiger partial charge in [-0.3, -0.25) is 4.79 Å². The maximum Gasteiger partial charge on any atom is 0.254 e. The van der Waals surface area contributed by atoms with Gasteiger partial charge in [0.25, 0.3) is 5.91 Å². The zero-order valence-electron chi connectivity index (χ0n) is 9.54. The number of halogens is 3. The number of benzene rings is 1. The van der Waals surface area contributed by atoms with Crippen molar-refractivity contribution in [1.29, 1.82) is 0 Å². The maximum absolute atomic E-state index is 13.1. The van der Waals surface area contributed by atoms with Gasteiger partial charge < -0.3 is 9.64 Å². The van der Waals surface area contributed by atoms with E-state index in [1.54, 1.807) is 4.90 Å². The summed E-state index contributed by atoms with van der Waals surface area (Å²) in [6.45, 7) is 1.28. The second-order valence-electron chi connectivity index (χ2n) is 4.06.